The molecule has 122 valence electrons. The fraction of sp³-hybridized carbons (Fsp3) is 0.167. The molecule has 2 aromatic carbocycles. The molecule has 3 rings (SSSR count). The van der Waals surface area contributed by atoms with Crippen molar-refractivity contribution in [3.63, 3.8) is 0 Å². The van der Waals surface area contributed by atoms with Crippen molar-refractivity contribution < 1.29 is 4.79 Å². The first-order valence-corrected chi connectivity index (χ1v) is 9.29. The molecule has 1 N–H and O–H groups in total. The maximum Gasteiger partial charge on any atom is 0.230 e. The zero-order chi connectivity index (χ0) is 16.9. The van der Waals surface area contributed by atoms with Crippen molar-refractivity contribution in [3.05, 3.63) is 64.9 Å². The number of aromatic nitrogens is 2. The molecule has 0 aliphatic carbocycles. The molecule has 24 heavy (non-hydrogen) atoms. The van der Waals surface area contributed by atoms with E-state index in [0.29, 0.717) is 5.75 Å². The molecule has 0 radical (unpaired) electrons. The zero-order valence-electron chi connectivity index (χ0n) is 13.1. The van der Waals surface area contributed by atoms with Gasteiger partial charge >= 0.3 is 0 Å². The second-order valence-corrected chi connectivity index (χ2v) is 7.11. The average Bonchev–Trinajstić information content (AvgIpc) is 2.60. The van der Waals surface area contributed by atoms with E-state index in [1.807, 2.05) is 55.5 Å². The Morgan fingerprint density at radius 3 is 2.75 bits per heavy atom. The number of nitrogens with one attached hydrogen (secondary N) is 1. The molecular weight excluding hydrogens is 386 g/mol. The molecule has 1 heterocycles. The normalized spacial score (nSPS) is 12.1. The highest BCUT2D eigenvalue weighted by Crippen LogP contribution is 2.25. The molecule has 1 amide bonds. The van der Waals surface area contributed by atoms with E-state index in [1.165, 1.54) is 18.1 Å². The molecular formula is C18H16BrN3OS. The number of halogens is 1. The smallest absolute Gasteiger partial charge is 0.230 e. The highest BCUT2D eigenvalue weighted by molar-refractivity contribution is 9.10. The highest BCUT2D eigenvalue weighted by atomic mass is 79.9. The van der Waals surface area contributed by atoms with Crippen LogP contribution >= 0.6 is 27.7 Å². The molecule has 0 spiro atoms. The summed E-state index contributed by atoms with van der Waals surface area (Å²) in [6.45, 7) is 1.97. The maximum absolute atomic E-state index is 12.3. The van der Waals surface area contributed by atoms with Gasteiger partial charge in [-0.25, -0.2) is 9.97 Å². The molecule has 3 aromatic rings. The number of fused-ring (bicyclic) bond motifs is 1. The second kappa shape index (κ2) is 7.77. The van der Waals surface area contributed by atoms with Gasteiger partial charge in [-0.15, -0.1) is 0 Å². The number of para-hydroxylation sites is 1. The van der Waals surface area contributed by atoms with Crippen LogP contribution < -0.4 is 5.32 Å². The van der Waals surface area contributed by atoms with Crippen LogP contribution in [-0.2, 0) is 4.79 Å². The summed E-state index contributed by atoms with van der Waals surface area (Å²) in [5.74, 6) is 0.293. The van der Waals surface area contributed by atoms with E-state index in [4.69, 9.17) is 0 Å². The quantitative estimate of drug-likeness (QED) is 0.509. The highest BCUT2D eigenvalue weighted by Gasteiger charge is 2.13. The summed E-state index contributed by atoms with van der Waals surface area (Å²) in [6, 6.07) is 15.6. The van der Waals surface area contributed by atoms with E-state index in [1.54, 1.807) is 0 Å². The van der Waals surface area contributed by atoms with Crippen LogP contribution in [0.4, 0.5) is 0 Å². The Bertz CT molecular complexity index is 866. The Hall–Kier alpha value is -1.92. The van der Waals surface area contributed by atoms with Crippen molar-refractivity contribution in [1.29, 1.82) is 0 Å². The number of hydrogen-bond donors (Lipinski definition) is 1. The standard InChI is InChI=1S/C18H16BrN3OS/c1-12(13-6-2-4-8-15(13)19)22-17(23)10-24-18-14-7-3-5-9-16(14)20-11-21-18/h2-9,11-12H,10H2,1H3,(H,22,23)/t12-/m1/s1. The van der Waals surface area contributed by atoms with Crippen molar-refractivity contribution in [1.82, 2.24) is 15.3 Å². The molecule has 0 bridgehead atoms. The maximum atomic E-state index is 12.3. The Labute approximate surface area is 153 Å². The van der Waals surface area contributed by atoms with Gasteiger partial charge in [-0.05, 0) is 24.6 Å². The lowest BCUT2D eigenvalue weighted by Gasteiger charge is -2.15. The first kappa shape index (κ1) is 16.9. The minimum absolute atomic E-state index is 0.0223. The van der Waals surface area contributed by atoms with Gasteiger partial charge in [0.25, 0.3) is 0 Å². The van der Waals surface area contributed by atoms with Crippen LogP contribution in [-0.4, -0.2) is 21.6 Å². The molecule has 1 atom stereocenters. The predicted molar refractivity (Wildman–Crippen MR) is 101 cm³/mol. The van der Waals surface area contributed by atoms with Crippen molar-refractivity contribution >= 4 is 44.5 Å². The van der Waals surface area contributed by atoms with Crippen molar-refractivity contribution in [3.8, 4) is 0 Å². The fourth-order valence-electron chi connectivity index (χ4n) is 2.42. The number of hydrogen-bond acceptors (Lipinski definition) is 4. The second-order valence-electron chi connectivity index (χ2n) is 5.30. The molecule has 0 saturated heterocycles. The summed E-state index contributed by atoms with van der Waals surface area (Å²) < 4.78 is 0.993. The van der Waals surface area contributed by atoms with Crippen LogP contribution in [0.5, 0.6) is 0 Å². The van der Waals surface area contributed by atoms with Crippen LogP contribution in [0.2, 0.25) is 0 Å². The fourth-order valence-corrected chi connectivity index (χ4v) is 3.85. The van der Waals surface area contributed by atoms with Gasteiger partial charge in [0.1, 0.15) is 11.4 Å². The van der Waals surface area contributed by atoms with Crippen molar-refractivity contribution in [2.75, 3.05) is 5.75 Å². The number of rotatable bonds is 5. The van der Waals surface area contributed by atoms with Gasteiger partial charge in [0.05, 0.1) is 17.3 Å². The largest absolute Gasteiger partial charge is 0.349 e. The summed E-state index contributed by atoms with van der Waals surface area (Å²) in [5.41, 5.74) is 1.94. The molecule has 0 unspecified atom stereocenters. The van der Waals surface area contributed by atoms with Gasteiger partial charge in [-0.3, -0.25) is 4.79 Å². The van der Waals surface area contributed by atoms with Crippen LogP contribution in [0.25, 0.3) is 10.9 Å². The molecule has 6 heteroatoms. The van der Waals surface area contributed by atoms with E-state index < -0.39 is 0 Å². The molecule has 4 nitrogen and oxygen atoms in total. The number of benzene rings is 2. The monoisotopic (exact) mass is 401 g/mol. The summed E-state index contributed by atoms with van der Waals surface area (Å²) in [7, 11) is 0. The van der Waals surface area contributed by atoms with Gasteiger partial charge in [0.2, 0.25) is 5.91 Å². The van der Waals surface area contributed by atoms with Crippen molar-refractivity contribution in [2.24, 2.45) is 0 Å². The van der Waals surface area contributed by atoms with Crippen molar-refractivity contribution in [2.45, 2.75) is 18.0 Å². The van der Waals surface area contributed by atoms with Gasteiger partial charge in [0.15, 0.2) is 0 Å². The summed E-state index contributed by atoms with van der Waals surface area (Å²) in [5, 5.41) is 4.81. The number of amides is 1. The van der Waals surface area contributed by atoms with E-state index in [-0.39, 0.29) is 11.9 Å². The molecule has 0 fully saturated rings. The Balaban J connectivity index is 1.64. The first-order chi connectivity index (χ1) is 11.6. The van der Waals surface area contributed by atoms with Gasteiger partial charge in [0, 0.05) is 9.86 Å². The topological polar surface area (TPSA) is 54.9 Å². The number of thioether (sulfide) groups is 1. The number of carbonyl (C=O) groups is 1. The van der Waals surface area contributed by atoms with Gasteiger partial charge in [-0.1, -0.05) is 64.1 Å². The summed E-state index contributed by atoms with van der Waals surface area (Å²) in [4.78, 5) is 20.8. The molecule has 0 saturated carbocycles. The summed E-state index contributed by atoms with van der Waals surface area (Å²) in [6.07, 6.45) is 1.53. The lowest BCUT2D eigenvalue weighted by atomic mass is 10.1. The first-order valence-electron chi connectivity index (χ1n) is 7.51. The SMILES string of the molecule is C[C@@H](NC(=O)CSc1ncnc2ccccc12)c1ccccc1Br. The van der Waals surface area contributed by atoms with Gasteiger partial charge in [-0.2, -0.15) is 0 Å². The lowest BCUT2D eigenvalue weighted by molar-refractivity contribution is -0.119. The van der Waals surface area contributed by atoms with E-state index in [0.717, 1.165) is 26.0 Å². The Morgan fingerprint density at radius 1 is 1.17 bits per heavy atom. The van der Waals surface area contributed by atoms with Gasteiger partial charge < -0.3 is 5.32 Å². The molecule has 0 aliphatic heterocycles. The Morgan fingerprint density at radius 2 is 1.92 bits per heavy atom. The van der Waals surface area contributed by atoms with Crippen LogP contribution in [0.3, 0.4) is 0 Å². The van der Waals surface area contributed by atoms with E-state index in [2.05, 4.69) is 31.2 Å². The number of carbonyl (C=O) groups excluding carboxylic acids is 1. The van der Waals surface area contributed by atoms with Crippen LogP contribution in [0.1, 0.15) is 18.5 Å². The van der Waals surface area contributed by atoms with Crippen LogP contribution in [0.15, 0.2) is 64.4 Å². The third-order valence-corrected chi connectivity index (χ3v) is 5.32. The van der Waals surface area contributed by atoms with E-state index >= 15 is 0 Å². The predicted octanol–water partition coefficient (Wildman–Crippen LogP) is 4.36. The van der Waals surface area contributed by atoms with Crippen LogP contribution in [0, 0.1) is 0 Å². The third kappa shape index (κ3) is 3.94. The lowest BCUT2D eigenvalue weighted by Crippen LogP contribution is -2.28. The average molecular weight is 402 g/mol. The van der Waals surface area contributed by atoms with E-state index in [9.17, 15) is 4.79 Å². The summed E-state index contributed by atoms with van der Waals surface area (Å²) >= 11 is 4.94. The molecule has 1 aromatic heterocycles. The minimum atomic E-state index is -0.0594. The number of nitrogens with zero attached hydrogens (tertiary/aromatic N) is 2. The zero-order valence-corrected chi connectivity index (χ0v) is 15.5. The third-order valence-electron chi connectivity index (χ3n) is 3.60. The Kier molecular flexibility index (Phi) is 5.48. The molecule has 0 aliphatic rings. The minimum Gasteiger partial charge on any atom is -0.349 e.